The van der Waals surface area contributed by atoms with Crippen molar-refractivity contribution >= 4 is 6.03 Å². The fraction of sp³-hybridized carbons (Fsp3) is 0.818. The van der Waals surface area contributed by atoms with Crippen LogP contribution in [-0.4, -0.2) is 37.2 Å². The number of carbonyl (C=O) groups excluding carboxylic acids is 1. The van der Waals surface area contributed by atoms with Crippen molar-refractivity contribution in [1.29, 1.82) is 5.26 Å². The maximum absolute atomic E-state index is 12.4. The molecule has 1 saturated heterocycles. The Bertz CT molecular complexity index is 269. The monoisotopic (exact) mass is 227 g/mol. The molecule has 0 radical (unpaired) electrons. The number of piperidine rings is 1. The number of halogens is 1. The maximum Gasteiger partial charge on any atom is 0.317 e. The molecule has 1 aliphatic heterocycles. The zero-order valence-electron chi connectivity index (χ0n) is 9.58. The molecule has 1 N–H and O–H groups in total. The SMILES string of the molecule is C[C@@H](C#N)CNC(=O)N1CCC(CF)CC1. The van der Waals surface area contributed by atoms with Gasteiger partial charge < -0.3 is 10.2 Å². The fourth-order valence-electron chi connectivity index (χ4n) is 1.69. The van der Waals surface area contributed by atoms with Crippen LogP contribution in [0.2, 0.25) is 0 Å². The van der Waals surface area contributed by atoms with Crippen molar-refractivity contribution in [3.05, 3.63) is 0 Å². The molecule has 0 aromatic heterocycles. The Balaban J connectivity index is 2.26. The van der Waals surface area contributed by atoms with Crippen LogP contribution in [0.25, 0.3) is 0 Å². The number of amides is 2. The third-order valence-corrected chi connectivity index (χ3v) is 2.90. The molecule has 1 rings (SSSR count). The molecule has 0 unspecified atom stereocenters. The van der Waals surface area contributed by atoms with E-state index in [1.54, 1.807) is 11.8 Å². The van der Waals surface area contributed by atoms with E-state index in [2.05, 4.69) is 11.4 Å². The first kappa shape index (κ1) is 12.8. The van der Waals surface area contributed by atoms with E-state index in [1.807, 2.05) is 0 Å². The molecule has 16 heavy (non-hydrogen) atoms. The summed E-state index contributed by atoms with van der Waals surface area (Å²) in [6.07, 6.45) is 1.47. The molecule has 1 heterocycles. The molecule has 5 heteroatoms. The van der Waals surface area contributed by atoms with Crippen molar-refractivity contribution in [3.8, 4) is 6.07 Å². The Morgan fingerprint density at radius 3 is 2.75 bits per heavy atom. The average Bonchev–Trinajstić information content (AvgIpc) is 2.35. The normalized spacial score (nSPS) is 18.9. The standard InChI is InChI=1S/C11H18FN3O/c1-9(7-13)8-14-11(16)15-4-2-10(6-12)3-5-15/h9-10H,2-6,8H2,1H3,(H,14,16)/t9-/m0/s1. The van der Waals surface area contributed by atoms with Crippen LogP contribution in [-0.2, 0) is 0 Å². The van der Waals surface area contributed by atoms with E-state index in [0.717, 1.165) is 12.8 Å². The Labute approximate surface area is 95.4 Å². The molecule has 0 bridgehead atoms. The first-order valence-electron chi connectivity index (χ1n) is 5.65. The zero-order chi connectivity index (χ0) is 12.0. The lowest BCUT2D eigenvalue weighted by atomic mass is 9.99. The Morgan fingerprint density at radius 1 is 1.62 bits per heavy atom. The molecule has 0 saturated carbocycles. The van der Waals surface area contributed by atoms with Gasteiger partial charge in [-0.15, -0.1) is 0 Å². The highest BCUT2D eigenvalue weighted by molar-refractivity contribution is 5.74. The minimum Gasteiger partial charge on any atom is -0.337 e. The molecule has 1 fully saturated rings. The molecular weight excluding hydrogens is 209 g/mol. The lowest BCUT2D eigenvalue weighted by Gasteiger charge is -2.30. The summed E-state index contributed by atoms with van der Waals surface area (Å²) in [4.78, 5) is 13.3. The third-order valence-electron chi connectivity index (χ3n) is 2.90. The summed E-state index contributed by atoms with van der Waals surface area (Å²) >= 11 is 0. The van der Waals surface area contributed by atoms with Gasteiger partial charge in [0, 0.05) is 19.6 Å². The summed E-state index contributed by atoms with van der Waals surface area (Å²) in [6, 6.07) is 1.92. The summed E-state index contributed by atoms with van der Waals surface area (Å²) in [5.41, 5.74) is 0. The van der Waals surface area contributed by atoms with Gasteiger partial charge >= 0.3 is 6.03 Å². The van der Waals surface area contributed by atoms with Gasteiger partial charge in [0.2, 0.25) is 0 Å². The van der Waals surface area contributed by atoms with Gasteiger partial charge in [-0.25, -0.2) is 4.79 Å². The van der Waals surface area contributed by atoms with E-state index in [1.165, 1.54) is 0 Å². The summed E-state index contributed by atoms with van der Waals surface area (Å²) in [7, 11) is 0. The van der Waals surface area contributed by atoms with Crippen molar-refractivity contribution in [1.82, 2.24) is 10.2 Å². The number of urea groups is 1. The van der Waals surface area contributed by atoms with Crippen molar-refractivity contribution in [2.24, 2.45) is 11.8 Å². The van der Waals surface area contributed by atoms with Gasteiger partial charge in [0.25, 0.3) is 0 Å². The molecule has 4 nitrogen and oxygen atoms in total. The molecule has 90 valence electrons. The Kier molecular flexibility index (Phi) is 5.03. The largest absolute Gasteiger partial charge is 0.337 e. The van der Waals surface area contributed by atoms with Gasteiger partial charge in [-0.05, 0) is 25.7 Å². The van der Waals surface area contributed by atoms with E-state index in [0.29, 0.717) is 19.6 Å². The van der Waals surface area contributed by atoms with Gasteiger partial charge in [0.05, 0.1) is 18.7 Å². The number of nitrogens with one attached hydrogen (secondary N) is 1. The number of rotatable bonds is 3. The highest BCUT2D eigenvalue weighted by Crippen LogP contribution is 2.17. The number of alkyl halides is 1. The number of hydrogen-bond acceptors (Lipinski definition) is 2. The molecule has 0 aromatic carbocycles. The fourth-order valence-corrected chi connectivity index (χ4v) is 1.69. The van der Waals surface area contributed by atoms with Gasteiger partial charge in [0.15, 0.2) is 0 Å². The molecule has 0 spiro atoms. The van der Waals surface area contributed by atoms with Gasteiger partial charge in [0.1, 0.15) is 0 Å². The van der Waals surface area contributed by atoms with Crippen LogP contribution in [0.5, 0.6) is 0 Å². The van der Waals surface area contributed by atoms with Crippen molar-refractivity contribution < 1.29 is 9.18 Å². The second-order valence-corrected chi connectivity index (χ2v) is 4.30. The first-order valence-corrected chi connectivity index (χ1v) is 5.65. The first-order chi connectivity index (χ1) is 7.67. The van der Waals surface area contributed by atoms with Crippen LogP contribution in [0.1, 0.15) is 19.8 Å². The highest BCUT2D eigenvalue weighted by atomic mass is 19.1. The Morgan fingerprint density at radius 2 is 2.25 bits per heavy atom. The number of likely N-dealkylation sites (tertiary alicyclic amines) is 1. The van der Waals surface area contributed by atoms with E-state index >= 15 is 0 Å². The summed E-state index contributed by atoms with van der Waals surface area (Å²) in [5, 5.41) is 11.3. The second-order valence-electron chi connectivity index (χ2n) is 4.30. The summed E-state index contributed by atoms with van der Waals surface area (Å²) in [6.45, 7) is 3.07. The summed E-state index contributed by atoms with van der Waals surface area (Å²) < 4.78 is 12.4. The molecule has 0 aromatic rings. The lowest BCUT2D eigenvalue weighted by Crippen LogP contribution is -2.45. The molecule has 0 aliphatic carbocycles. The van der Waals surface area contributed by atoms with Gasteiger partial charge in [-0.1, -0.05) is 0 Å². The van der Waals surface area contributed by atoms with Crippen LogP contribution in [0.3, 0.4) is 0 Å². The predicted molar refractivity (Wildman–Crippen MR) is 58.4 cm³/mol. The van der Waals surface area contributed by atoms with Crippen molar-refractivity contribution in [3.63, 3.8) is 0 Å². The average molecular weight is 227 g/mol. The smallest absolute Gasteiger partial charge is 0.317 e. The highest BCUT2D eigenvalue weighted by Gasteiger charge is 2.22. The van der Waals surface area contributed by atoms with Crippen LogP contribution < -0.4 is 5.32 Å². The van der Waals surface area contributed by atoms with E-state index in [9.17, 15) is 9.18 Å². The van der Waals surface area contributed by atoms with Gasteiger partial charge in [-0.2, -0.15) is 5.26 Å². The van der Waals surface area contributed by atoms with Crippen LogP contribution in [0.15, 0.2) is 0 Å². The third kappa shape index (κ3) is 3.69. The molecule has 1 aliphatic rings. The lowest BCUT2D eigenvalue weighted by molar-refractivity contribution is 0.160. The summed E-state index contributed by atoms with van der Waals surface area (Å²) in [5.74, 6) is -0.0607. The number of nitrogens with zero attached hydrogens (tertiary/aromatic N) is 2. The predicted octanol–water partition coefficient (Wildman–Crippen LogP) is 1.54. The Hall–Kier alpha value is -1.31. The molecule has 2 amide bonds. The maximum atomic E-state index is 12.4. The van der Waals surface area contributed by atoms with E-state index < -0.39 is 0 Å². The quantitative estimate of drug-likeness (QED) is 0.795. The minimum absolute atomic E-state index is 0.113. The minimum atomic E-state index is -0.291. The van der Waals surface area contributed by atoms with E-state index in [4.69, 9.17) is 5.26 Å². The van der Waals surface area contributed by atoms with Crippen LogP contribution >= 0.6 is 0 Å². The second kappa shape index (κ2) is 6.31. The molecular formula is C11H18FN3O. The van der Waals surface area contributed by atoms with Gasteiger partial charge in [-0.3, -0.25) is 4.39 Å². The number of hydrogen-bond donors (Lipinski definition) is 1. The van der Waals surface area contributed by atoms with E-state index in [-0.39, 0.29) is 24.5 Å². The number of nitriles is 1. The number of carbonyl (C=O) groups is 1. The molecule has 1 atom stereocenters. The van der Waals surface area contributed by atoms with Crippen LogP contribution in [0.4, 0.5) is 9.18 Å². The zero-order valence-corrected chi connectivity index (χ0v) is 9.58. The topological polar surface area (TPSA) is 56.1 Å². The van der Waals surface area contributed by atoms with Crippen LogP contribution in [0, 0.1) is 23.2 Å². The van der Waals surface area contributed by atoms with Crippen molar-refractivity contribution in [2.75, 3.05) is 26.3 Å². The van der Waals surface area contributed by atoms with Crippen molar-refractivity contribution in [2.45, 2.75) is 19.8 Å².